The van der Waals surface area contributed by atoms with E-state index in [1.165, 1.54) is 11.0 Å². The van der Waals surface area contributed by atoms with Crippen molar-refractivity contribution >= 4 is 17.6 Å². The van der Waals surface area contributed by atoms with E-state index in [9.17, 15) is 22.8 Å². The molecule has 1 amide bonds. The Balaban J connectivity index is 2.03. The highest BCUT2D eigenvalue weighted by atomic mass is 19.4. The van der Waals surface area contributed by atoms with Gasteiger partial charge in [0, 0.05) is 12.2 Å². The zero-order valence-corrected chi connectivity index (χ0v) is 13.4. The molecule has 0 aromatic heterocycles. The van der Waals surface area contributed by atoms with E-state index in [0.29, 0.717) is 18.3 Å². The van der Waals surface area contributed by atoms with Gasteiger partial charge < -0.3 is 9.64 Å². The molecule has 25 heavy (non-hydrogen) atoms. The van der Waals surface area contributed by atoms with Gasteiger partial charge >= 0.3 is 12.1 Å². The smallest absolute Gasteiger partial charge is 0.416 e. The Morgan fingerprint density at radius 2 is 1.72 bits per heavy atom. The molecule has 4 nitrogen and oxygen atoms in total. The highest BCUT2D eigenvalue weighted by molar-refractivity contribution is 5.97. The van der Waals surface area contributed by atoms with Gasteiger partial charge in [-0.2, -0.15) is 13.2 Å². The van der Waals surface area contributed by atoms with E-state index in [2.05, 4.69) is 0 Å². The van der Waals surface area contributed by atoms with E-state index < -0.39 is 30.2 Å². The highest BCUT2D eigenvalue weighted by Crippen LogP contribution is 2.29. The fourth-order valence-electron chi connectivity index (χ4n) is 2.22. The van der Waals surface area contributed by atoms with Gasteiger partial charge in [0.25, 0.3) is 5.91 Å². The van der Waals surface area contributed by atoms with E-state index in [4.69, 9.17) is 4.74 Å². The van der Waals surface area contributed by atoms with Crippen molar-refractivity contribution in [2.45, 2.75) is 13.1 Å². The minimum atomic E-state index is -4.56. The van der Waals surface area contributed by atoms with Crippen LogP contribution in [0.3, 0.4) is 0 Å². The number of anilines is 1. The summed E-state index contributed by atoms with van der Waals surface area (Å²) in [7, 11) is 0. The van der Waals surface area contributed by atoms with Crippen LogP contribution in [0.5, 0.6) is 0 Å². The molecule has 0 aliphatic rings. The summed E-state index contributed by atoms with van der Waals surface area (Å²) < 4.78 is 42.9. The van der Waals surface area contributed by atoms with Crippen LogP contribution in [0.1, 0.15) is 22.8 Å². The van der Waals surface area contributed by atoms with Crippen LogP contribution in [0.15, 0.2) is 54.6 Å². The van der Waals surface area contributed by atoms with E-state index in [1.807, 2.05) is 0 Å². The average molecular weight is 351 g/mol. The lowest BCUT2D eigenvalue weighted by atomic mass is 10.1. The number of carbonyl (C=O) groups excluding carboxylic acids is 2. The number of ether oxygens (including phenoxy) is 1. The van der Waals surface area contributed by atoms with Crippen molar-refractivity contribution in [3.8, 4) is 0 Å². The van der Waals surface area contributed by atoms with Crippen LogP contribution < -0.4 is 4.90 Å². The minimum absolute atomic E-state index is 0.259. The molecule has 2 rings (SSSR count). The van der Waals surface area contributed by atoms with Crippen LogP contribution in [-0.2, 0) is 15.7 Å². The van der Waals surface area contributed by atoms with Crippen molar-refractivity contribution in [2.24, 2.45) is 0 Å². The van der Waals surface area contributed by atoms with Gasteiger partial charge in [-0.25, -0.2) is 4.79 Å². The number of benzene rings is 2. The van der Waals surface area contributed by atoms with E-state index in [1.54, 1.807) is 37.3 Å². The fraction of sp³-hybridized carbons (Fsp3) is 0.222. The third-order valence-corrected chi connectivity index (χ3v) is 3.44. The summed E-state index contributed by atoms with van der Waals surface area (Å²) in [6, 6.07) is 12.7. The number of nitrogens with zero attached hydrogens (tertiary/aromatic N) is 1. The third kappa shape index (κ3) is 4.82. The lowest BCUT2D eigenvalue weighted by Gasteiger charge is -2.20. The molecule has 2 aromatic rings. The maximum atomic E-state index is 12.7. The predicted molar refractivity (Wildman–Crippen MR) is 86.2 cm³/mol. The van der Waals surface area contributed by atoms with Gasteiger partial charge in [-0.15, -0.1) is 0 Å². The normalized spacial score (nSPS) is 11.0. The van der Waals surface area contributed by atoms with Crippen molar-refractivity contribution in [1.29, 1.82) is 0 Å². The zero-order valence-electron chi connectivity index (χ0n) is 13.4. The van der Waals surface area contributed by atoms with Crippen LogP contribution in [0.2, 0.25) is 0 Å². The molecule has 0 atom stereocenters. The summed E-state index contributed by atoms with van der Waals surface area (Å²) >= 11 is 0. The molecule has 0 aliphatic heterocycles. The second-order valence-electron chi connectivity index (χ2n) is 5.13. The summed E-state index contributed by atoms with van der Waals surface area (Å²) in [5, 5.41) is 0. The van der Waals surface area contributed by atoms with Crippen molar-refractivity contribution in [3.05, 3.63) is 65.7 Å². The van der Waals surface area contributed by atoms with Gasteiger partial charge in [-0.1, -0.05) is 24.3 Å². The molecule has 0 fully saturated rings. The molecule has 132 valence electrons. The summed E-state index contributed by atoms with van der Waals surface area (Å²) in [6.07, 6.45) is -4.56. The molecule has 2 aromatic carbocycles. The largest absolute Gasteiger partial charge is 0.452 e. The van der Waals surface area contributed by atoms with E-state index in [-0.39, 0.29) is 5.56 Å². The Bertz CT molecular complexity index is 745. The van der Waals surface area contributed by atoms with Crippen molar-refractivity contribution in [3.63, 3.8) is 0 Å². The molecule has 0 aliphatic carbocycles. The quantitative estimate of drug-likeness (QED) is 0.767. The SMILES string of the molecule is CCN(C(=O)COC(=O)c1cccc(C(F)(F)F)c1)c1ccccc1. The summed E-state index contributed by atoms with van der Waals surface area (Å²) in [5.41, 5.74) is -0.566. The number of carbonyl (C=O) groups is 2. The highest BCUT2D eigenvalue weighted by Gasteiger charge is 2.31. The van der Waals surface area contributed by atoms with Crippen molar-refractivity contribution in [2.75, 3.05) is 18.1 Å². The van der Waals surface area contributed by atoms with Gasteiger partial charge in [0.05, 0.1) is 11.1 Å². The van der Waals surface area contributed by atoms with E-state index in [0.717, 1.165) is 12.1 Å². The Kier molecular flexibility index (Phi) is 5.80. The molecular weight excluding hydrogens is 335 g/mol. The Labute approximate surface area is 142 Å². The van der Waals surface area contributed by atoms with Gasteiger partial charge in [-0.3, -0.25) is 4.79 Å². The Morgan fingerprint density at radius 3 is 2.32 bits per heavy atom. The first-order chi connectivity index (χ1) is 11.8. The number of amides is 1. The standard InChI is InChI=1S/C18H16F3NO3/c1-2-22(15-9-4-3-5-10-15)16(23)12-25-17(24)13-7-6-8-14(11-13)18(19,20)21/h3-11H,2,12H2,1H3. The van der Waals surface area contributed by atoms with Gasteiger partial charge in [0.15, 0.2) is 6.61 Å². The van der Waals surface area contributed by atoms with Crippen LogP contribution in [0.25, 0.3) is 0 Å². The molecule has 0 saturated heterocycles. The lowest BCUT2D eigenvalue weighted by Crippen LogP contribution is -2.34. The van der Waals surface area contributed by atoms with Gasteiger partial charge in [-0.05, 0) is 37.3 Å². The maximum absolute atomic E-state index is 12.7. The third-order valence-electron chi connectivity index (χ3n) is 3.44. The molecule has 0 heterocycles. The maximum Gasteiger partial charge on any atom is 0.416 e. The van der Waals surface area contributed by atoms with E-state index >= 15 is 0 Å². The second-order valence-corrected chi connectivity index (χ2v) is 5.13. The summed E-state index contributed by atoms with van der Waals surface area (Å²) in [6.45, 7) is 1.57. The molecule has 0 unspecified atom stereocenters. The number of alkyl halides is 3. The number of halogens is 3. The number of rotatable bonds is 5. The Morgan fingerprint density at radius 1 is 1.04 bits per heavy atom. The van der Waals surface area contributed by atoms with Crippen LogP contribution in [0, 0.1) is 0 Å². The van der Waals surface area contributed by atoms with Crippen LogP contribution in [-0.4, -0.2) is 25.0 Å². The van der Waals surface area contributed by atoms with Crippen LogP contribution >= 0.6 is 0 Å². The first-order valence-corrected chi connectivity index (χ1v) is 7.52. The first-order valence-electron chi connectivity index (χ1n) is 7.52. The first kappa shape index (κ1) is 18.5. The summed E-state index contributed by atoms with van der Waals surface area (Å²) in [5.74, 6) is -1.45. The van der Waals surface area contributed by atoms with Gasteiger partial charge in [0.2, 0.25) is 0 Å². The predicted octanol–water partition coefficient (Wildman–Crippen LogP) is 3.92. The average Bonchev–Trinajstić information content (AvgIpc) is 2.60. The molecule has 0 N–H and O–H groups in total. The molecule has 0 saturated carbocycles. The zero-order chi connectivity index (χ0) is 18.4. The lowest BCUT2D eigenvalue weighted by molar-refractivity contribution is -0.137. The monoisotopic (exact) mass is 351 g/mol. The topological polar surface area (TPSA) is 46.6 Å². The van der Waals surface area contributed by atoms with Crippen molar-refractivity contribution in [1.82, 2.24) is 0 Å². The molecular formula is C18H16F3NO3. The number of likely N-dealkylation sites (N-methyl/N-ethyl adjacent to an activating group) is 1. The number of hydrogen-bond acceptors (Lipinski definition) is 3. The molecule has 0 bridgehead atoms. The molecule has 0 spiro atoms. The number of esters is 1. The second kappa shape index (κ2) is 7.83. The summed E-state index contributed by atoms with van der Waals surface area (Å²) in [4.78, 5) is 25.5. The van der Waals surface area contributed by atoms with Crippen LogP contribution in [0.4, 0.5) is 18.9 Å². The Hall–Kier alpha value is -2.83. The number of hydrogen-bond donors (Lipinski definition) is 0. The molecule has 7 heteroatoms. The fourth-order valence-corrected chi connectivity index (χ4v) is 2.22. The van der Waals surface area contributed by atoms with Gasteiger partial charge in [0.1, 0.15) is 0 Å². The number of para-hydroxylation sites is 1. The molecule has 0 radical (unpaired) electrons. The minimum Gasteiger partial charge on any atom is -0.452 e. The van der Waals surface area contributed by atoms with Crippen molar-refractivity contribution < 1.29 is 27.5 Å².